The molecule has 156 valence electrons. The molecule has 30 heavy (non-hydrogen) atoms. The third kappa shape index (κ3) is 4.43. The van der Waals surface area contributed by atoms with Crippen LogP contribution in [0.2, 0.25) is 0 Å². The Balaban J connectivity index is 1.60. The number of fused-ring (bicyclic) bond motifs is 1. The van der Waals surface area contributed by atoms with E-state index in [0.29, 0.717) is 17.4 Å². The summed E-state index contributed by atoms with van der Waals surface area (Å²) in [6, 6.07) is 13.9. The third-order valence-electron chi connectivity index (χ3n) is 5.78. The maximum absolute atomic E-state index is 13.4. The molecule has 1 aliphatic heterocycles. The highest BCUT2D eigenvalue weighted by atomic mass is 32.2. The van der Waals surface area contributed by atoms with E-state index in [1.165, 1.54) is 18.6 Å². The molecule has 1 saturated carbocycles. The quantitative estimate of drug-likeness (QED) is 0.729. The molecule has 2 atom stereocenters. The van der Waals surface area contributed by atoms with E-state index >= 15 is 0 Å². The van der Waals surface area contributed by atoms with E-state index in [1.54, 1.807) is 43.1 Å². The van der Waals surface area contributed by atoms with Crippen molar-refractivity contribution in [2.75, 3.05) is 7.05 Å². The van der Waals surface area contributed by atoms with E-state index in [9.17, 15) is 14.0 Å². The topological polar surface area (TPSA) is 49.4 Å². The minimum atomic E-state index is -0.268. The average molecular weight is 425 g/mol. The second-order valence-corrected chi connectivity index (χ2v) is 9.06. The molecule has 4 nitrogen and oxygen atoms in total. The zero-order chi connectivity index (χ0) is 21.1. The number of amides is 2. The molecule has 2 fully saturated rings. The second-order valence-electron chi connectivity index (χ2n) is 7.78. The molecule has 0 bridgehead atoms. The summed E-state index contributed by atoms with van der Waals surface area (Å²) in [5, 5.41) is 2.99. The molecule has 2 aromatic rings. The minimum absolute atomic E-state index is 0.0304. The van der Waals surface area contributed by atoms with Crippen LogP contribution in [-0.2, 0) is 11.3 Å². The van der Waals surface area contributed by atoms with Crippen molar-refractivity contribution in [1.82, 2.24) is 10.2 Å². The van der Waals surface area contributed by atoms with Crippen LogP contribution in [0.1, 0.15) is 47.2 Å². The fourth-order valence-corrected chi connectivity index (χ4v) is 5.65. The van der Waals surface area contributed by atoms with E-state index < -0.39 is 0 Å². The lowest BCUT2D eigenvalue weighted by Gasteiger charge is -2.44. The standard InChI is InChI=1S/C24H25FN2O2S/c1-26-23(28)18-10-6-16(7-11-18)14-22-24(29)27(15-17-8-12-19(25)13-9-17)20-4-2-3-5-21(20)30-22/h6-14,20-21H,2-5,15H2,1H3,(H,26,28)/b22-14-. The number of carbonyl (C=O) groups excluding carboxylic acids is 2. The highest BCUT2D eigenvalue weighted by Gasteiger charge is 2.40. The number of halogens is 1. The zero-order valence-corrected chi connectivity index (χ0v) is 17.8. The number of nitrogens with zero attached hydrogens (tertiary/aromatic N) is 1. The molecule has 4 rings (SSSR count). The molecule has 6 heteroatoms. The summed E-state index contributed by atoms with van der Waals surface area (Å²) in [6.07, 6.45) is 6.34. The van der Waals surface area contributed by atoms with Gasteiger partial charge in [-0.05, 0) is 54.3 Å². The molecule has 1 N–H and O–H groups in total. The van der Waals surface area contributed by atoms with Gasteiger partial charge in [0.05, 0.1) is 4.91 Å². The van der Waals surface area contributed by atoms with Crippen LogP contribution >= 0.6 is 11.8 Å². The number of hydrogen-bond donors (Lipinski definition) is 1. The average Bonchev–Trinajstić information content (AvgIpc) is 2.78. The molecule has 0 spiro atoms. The Hall–Kier alpha value is -2.60. The second kappa shape index (κ2) is 9.04. The van der Waals surface area contributed by atoms with Crippen LogP contribution < -0.4 is 5.32 Å². The van der Waals surface area contributed by atoms with Crippen LogP contribution in [0, 0.1) is 5.82 Å². The van der Waals surface area contributed by atoms with Gasteiger partial charge in [-0.25, -0.2) is 4.39 Å². The van der Waals surface area contributed by atoms with Crippen LogP contribution in [0.25, 0.3) is 6.08 Å². The van der Waals surface area contributed by atoms with Crippen molar-refractivity contribution in [3.63, 3.8) is 0 Å². The van der Waals surface area contributed by atoms with Crippen molar-refractivity contribution in [1.29, 1.82) is 0 Å². The Morgan fingerprint density at radius 2 is 1.83 bits per heavy atom. The lowest BCUT2D eigenvalue weighted by atomic mass is 9.92. The molecule has 1 aliphatic carbocycles. The number of carbonyl (C=O) groups is 2. The summed E-state index contributed by atoms with van der Waals surface area (Å²) in [5.74, 6) is -0.369. The SMILES string of the molecule is CNC(=O)c1ccc(/C=C2\SC3CCCCC3N(Cc3ccc(F)cc3)C2=O)cc1. The van der Waals surface area contributed by atoms with E-state index in [0.717, 1.165) is 35.3 Å². The Morgan fingerprint density at radius 1 is 1.13 bits per heavy atom. The van der Waals surface area contributed by atoms with Crippen LogP contribution in [0.4, 0.5) is 4.39 Å². The molecule has 2 amide bonds. The first-order chi connectivity index (χ1) is 14.5. The van der Waals surface area contributed by atoms with Crippen LogP contribution in [0.5, 0.6) is 0 Å². The first kappa shape index (κ1) is 20.7. The molecule has 2 aromatic carbocycles. The van der Waals surface area contributed by atoms with Gasteiger partial charge in [0.15, 0.2) is 0 Å². The van der Waals surface area contributed by atoms with Crippen LogP contribution in [0.3, 0.4) is 0 Å². The largest absolute Gasteiger partial charge is 0.355 e. The normalized spacial score (nSPS) is 22.7. The summed E-state index contributed by atoms with van der Waals surface area (Å²) < 4.78 is 13.3. The first-order valence-electron chi connectivity index (χ1n) is 10.3. The molecule has 2 unspecified atom stereocenters. The fraction of sp³-hybridized carbons (Fsp3) is 0.333. The highest BCUT2D eigenvalue weighted by molar-refractivity contribution is 8.04. The Labute approximate surface area is 180 Å². The lowest BCUT2D eigenvalue weighted by molar-refractivity contribution is -0.130. The number of thioether (sulfide) groups is 1. The van der Waals surface area contributed by atoms with Gasteiger partial charge in [0.25, 0.3) is 11.8 Å². The summed E-state index contributed by atoms with van der Waals surface area (Å²) in [6.45, 7) is 0.494. The molecule has 2 aliphatic rings. The van der Waals surface area contributed by atoms with Gasteiger partial charge in [-0.15, -0.1) is 11.8 Å². The first-order valence-corrected chi connectivity index (χ1v) is 11.2. The molecular weight excluding hydrogens is 399 g/mol. The van der Waals surface area contributed by atoms with Gasteiger partial charge in [-0.3, -0.25) is 9.59 Å². The van der Waals surface area contributed by atoms with Crippen LogP contribution in [0.15, 0.2) is 53.4 Å². The lowest BCUT2D eigenvalue weighted by Crippen LogP contribution is -2.50. The van der Waals surface area contributed by atoms with Gasteiger partial charge in [0.2, 0.25) is 0 Å². The van der Waals surface area contributed by atoms with E-state index in [1.807, 2.05) is 23.1 Å². The van der Waals surface area contributed by atoms with E-state index in [4.69, 9.17) is 0 Å². The molecular formula is C24H25FN2O2S. The third-order valence-corrected chi connectivity index (χ3v) is 7.18. The predicted molar refractivity (Wildman–Crippen MR) is 118 cm³/mol. The van der Waals surface area contributed by atoms with Gasteiger partial charge in [0.1, 0.15) is 5.82 Å². The maximum Gasteiger partial charge on any atom is 0.260 e. The predicted octanol–water partition coefficient (Wildman–Crippen LogP) is 4.61. The Bertz CT molecular complexity index is 956. The fourth-order valence-electron chi connectivity index (χ4n) is 4.17. The number of hydrogen-bond acceptors (Lipinski definition) is 3. The van der Waals surface area contributed by atoms with Crippen molar-refractivity contribution in [2.24, 2.45) is 0 Å². The van der Waals surface area contributed by atoms with Gasteiger partial charge in [0, 0.05) is 30.4 Å². The Morgan fingerprint density at radius 3 is 2.53 bits per heavy atom. The van der Waals surface area contributed by atoms with Crippen molar-refractivity contribution in [2.45, 2.75) is 43.5 Å². The van der Waals surface area contributed by atoms with Crippen molar-refractivity contribution < 1.29 is 14.0 Å². The van der Waals surface area contributed by atoms with Gasteiger partial charge >= 0.3 is 0 Å². The van der Waals surface area contributed by atoms with E-state index in [2.05, 4.69) is 5.32 Å². The van der Waals surface area contributed by atoms with Crippen molar-refractivity contribution in [3.05, 3.63) is 75.9 Å². The number of benzene rings is 2. The van der Waals surface area contributed by atoms with Crippen molar-refractivity contribution >= 4 is 29.7 Å². The zero-order valence-electron chi connectivity index (χ0n) is 16.9. The van der Waals surface area contributed by atoms with E-state index in [-0.39, 0.29) is 23.7 Å². The summed E-state index contributed by atoms with van der Waals surface area (Å²) in [5.41, 5.74) is 2.43. The monoisotopic (exact) mass is 424 g/mol. The molecule has 1 saturated heterocycles. The molecule has 0 aromatic heterocycles. The van der Waals surface area contributed by atoms with Gasteiger partial charge < -0.3 is 10.2 Å². The Kier molecular flexibility index (Phi) is 6.23. The number of rotatable bonds is 4. The maximum atomic E-state index is 13.4. The number of nitrogens with one attached hydrogen (secondary N) is 1. The summed E-state index contributed by atoms with van der Waals surface area (Å²) in [7, 11) is 1.60. The van der Waals surface area contributed by atoms with Crippen LogP contribution in [-0.4, -0.2) is 35.1 Å². The van der Waals surface area contributed by atoms with Gasteiger partial charge in [-0.1, -0.05) is 37.1 Å². The molecule has 1 heterocycles. The molecule has 0 radical (unpaired) electrons. The minimum Gasteiger partial charge on any atom is -0.355 e. The summed E-state index contributed by atoms with van der Waals surface area (Å²) >= 11 is 1.68. The van der Waals surface area contributed by atoms with Gasteiger partial charge in [-0.2, -0.15) is 0 Å². The smallest absolute Gasteiger partial charge is 0.260 e. The highest BCUT2D eigenvalue weighted by Crippen LogP contribution is 2.42. The summed E-state index contributed by atoms with van der Waals surface area (Å²) in [4.78, 5) is 27.8. The van der Waals surface area contributed by atoms with Crippen molar-refractivity contribution in [3.8, 4) is 0 Å².